The Balaban J connectivity index is 1.77. The van der Waals surface area contributed by atoms with E-state index in [9.17, 15) is 4.79 Å². The van der Waals surface area contributed by atoms with Gasteiger partial charge in [0.1, 0.15) is 0 Å². The standard InChI is InChI=1S/C18H20N6OS2/c1-5-10-24-15(14-6-8-19-9-7-14)22-23-18(24)27-13(4)16(25)21-17-20-11(2)12(3)26-17/h5-9,13H,1,10H2,2-4H3,(H,20,21,25)/t13-/m0/s1. The van der Waals surface area contributed by atoms with Crippen LogP contribution < -0.4 is 5.32 Å². The van der Waals surface area contributed by atoms with Gasteiger partial charge in [0.25, 0.3) is 0 Å². The number of allylic oxidation sites excluding steroid dienone is 1. The number of aromatic nitrogens is 5. The molecule has 0 aliphatic carbocycles. The summed E-state index contributed by atoms with van der Waals surface area (Å²) < 4.78 is 1.94. The van der Waals surface area contributed by atoms with Crippen LogP contribution in [0.1, 0.15) is 17.5 Å². The Hall–Kier alpha value is -2.52. The van der Waals surface area contributed by atoms with Crippen LogP contribution in [0.5, 0.6) is 0 Å². The zero-order valence-electron chi connectivity index (χ0n) is 15.3. The molecule has 0 fully saturated rings. The first-order chi connectivity index (χ1) is 13.0. The predicted molar refractivity (Wildman–Crippen MR) is 109 cm³/mol. The number of anilines is 1. The Bertz CT molecular complexity index is 931. The van der Waals surface area contributed by atoms with Crippen molar-refractivity contribution < 1.29 is 4.79 Å². The van der Waals surface area contributed by atoms with Crippen molar-refractivity contribution in [1.82, 2.24) is 24.7 Å². The molecule has 0 radical (unpaired) electrons. The summed E-state index contributed by atoms with van der Waals surface area (Å²) in [6.07, 6.45) is 5.20. The maximum atomic E-state index is 12.5. The quantitative estimate of drug-likeness (QED) is 0.481. The van der Waals surface area contributed by atoms with Crippen molar-refractivity contribution in [1.29, 1.82) is 0 Å². The molecule has 0 saturated carbocycles. The van der Waals surface area contributed by atoms with Gasteiger partial charge in [-0.25, -0.2) is 4.98 Å². The van der Waals surface area contributed by atoms with Gasteiger partial charge in [-0.05, 0) is 32.9 Å². The minimum absolute atomic E-state index is 0.118. The Morgan fingerprint density at radius 1 is 1.37 bits per heavy atom. The molecule has 1 amide bonds. The maximum Gasteiger partial charge on any atom is 0.239 e. The van der Waals surface area contributed by atoms with Crippen molar-refractivity contribution in [2.75, 3.05) is 5.32 Å². The van der Waals surface area contributed by atoms with E-state index in [0.29, 0.717) is 16.8 Å². The van der Waals surface area contributed by atoms with Gasteiger partial charge in [-0.15, -0.1) is 28.1 Å². The Morgan fingerprint density at radius 3 is 2.74 bits per heavy atom. The average Bonchev–Trinajstić information content (AvgIpc) is 3.19. The second-order valence-corrected chi connectivity index (χ2v) is 8.36. The van der Waals surface area contributed by atoms with Crippen LogP contribution in [0.25, 0.3) is 11.4 Å². The summed E-state index contributed by atoms with van der Waals surface area (Å²) in [5.41, 5.74) is 1.85. The van der Waals surface area contributed by atoms with Crippen LogP contribution >= 0.6 is 23.1 Å². The monoisotopic (exact) mass is 400 g/mol. The average molecular weight is 401 g/mol. The number of amides is 1. The maximum absolute atomic E-state index is 12.5. The zero-order valence-corrected chi connectivity index (χ0v) is 17.0. The molecule has 0 unspecified atom stereocenters. The first-order valence-corrected chi connectivity index (χ1v) is 10.0. The summed E-state index contributed by atoms with van der Waals surface area (Å²) in [7, 11) is 0. The van der Waals surface area contributed by atoms with E-state index in [0.717, 1.165) is 22.0 Å². The summed E-state index contributed by atoms with van der Waals surface area (Å²) in [5, 5.41) is 12.4. The normalized spacial score (nSPS) is 12.0. The Kier molecular flexibility index (Phi) is 6.02. The molecule has 3 heterocycles. The molecule has 0 bridgehead atoms. The number of thioether (sulfide) groups is 1. The van der Waals surface area contributed by atoms with Gasteiger partial charge in [0.2, 0.25) is 5.91 Å². The molecule has 0 aliphatic rings. The fraction of sp³-hybridized carbons (Fsp3) is 0.278. The number of aryl methyl sites for hydroxylation is 2. The summed E-state index contributed by atoms with van der Waals surface area (Å²) in [5.74, 6) is 0.603. The van der Waals surface area contributed by atoms with Crippen molar-refractivity contribution in [2.24, 2.45) is 0 Å². The molecule has 3 rings (SSSR count). The van der Waals surface area contributed by atoms with E-state index in [1.54, 1.807) is 18.5 Å². The molecule has 0 saturated heterocycles. The second kappa shape index (κ2) is 8.45. The molecular weight excluding hydrogens is 380 g/mol. The summed E-state index contributed by atoms with van der Waals surface area (Å²) >= 11 is 2.83. The molecule has 140 valence electrons. The lowest BCUT2D eigenvalue weighted by Gasteiger charge is -2.11. The Morgan fingerprint density at radius 2 is 2.11 bits per heavy atom. The topological polar surface area (TPSA) is 85.6 Å². The number of pyridine rings is 1. The Labute approximate surface area is 166 Å². The number of carbonyl (C=O) groups excluding carboxylic acids is 1. The number of nitrogens with zero attached hydrogens (tertiary/aromatic N) is 5. The van der Waals surface area contributed by atoms with E-state index < -0.39 is 0 Å². The fourth-order valence-corrected chi connectivity index (χ4v) is 4.00. The number of nitrogens with one attached hydrogen (secondary N) is 1. The molecule has 0 aromatic carbocycles. The molecule has 1 N–H and O–H groups in total. The highest BCUT2D eigenvalue weighted by atomic mass is 32.2. The fourth-order valence-electron chi connectivity index (χ4n) is 2.33. The van der Waals surface area contributed by atoms with Gasteiger partial charge in [0, 0.05) is 29.4 Å². The van der Waals surface area contributed by atoms with Crippen molar-refractivity contribution in [3.05, 3.63) is 47.8 Å². The molecule has 0 aliphatic heterocycles. The van der Waals surface area contributed by atoms with E-state index in [-0.39, 0.29) is 11.2 Å². The first kappa shape index (κ1) is 19.2. The predicted octanol–water partition coefficient (Wildman–Crippen LogP) is 3.72. The van der Waals surface area contributed by atoms with E-state index in [4.69, 9.17) is 0 Å². The molecule has 27 heavy (non-hydrogen) atoms. The molecule has 3 aromatic rings. The largest absolute Gasteiger partial charge is 0.301 e. The number of thiazole rings is 1. The SMILES string of the molecule is C=CCn1c(S[C@@H](C)C(=O)Nc2nc(C)c(C)s2)nnc1-c1ccncc1. The minimum Gasteiger partial charge on any atom is -0.301 e. The minimum atomic E-state index is -0.354. The summed E-state index contributed by atoms with van der Waals surface area (Å²) in [6.45, 7) is 10.1. The summed E-state index contributed by atoms with van der Waals surface area (Å²) in [6, 6.07) is 3.75. The number of carbonyl (C=O) groups is 1. The summed E-state index contributed by atoms with van der Waals surface area (Å²) in [4.78, 5) is 22.0. The highest BCUT2D eigenvalue weighted by molar-refractivity contribution is 8.00. The van der Waals surface area contributed by atoms with Crippen LogP contribution in [0.4, 0.5) is 5.13 Å². The van der Waals surface area contributed by atoms with Gasteiger partial charge in [-0.3, -0.25) is 14.3 Å². The van der Waals surface area contributed by atoms with Crippen LogP contribution in [0.2, 0.25) is 0 Å². The van der Waals surface area contributed by atoms with Crippen LogP contribution in [0, 0.1) is 13.8 Å². The smallest absolute Gasteiger partial charge is 0.239 e. The molecule has 9 heteroatoms. The van der Waals surface area contributed by atoms with Crippen molar-refractivity contribution in [3.8, 4) is 11.4 Å². The molecule has 7 nitrogen and oxygen atoms in total. The highest BCUT2D eigenvalue weighted by Gasteiger charge is 2.21. The number of hydrogen-bond acceptors (Lipinski definition) is 7. The molecule has 1 atom stereocenters. The van der Waals surface area contributed by atoms with Crippen LogP contribution in [0.15, 0.2) is 42.3 Å². The second-order valence-electron chi connectivity index (χ2n) is 5.85. The van der Waals surface area contributed by atoms with E-state index >= 15 is 0 Å². The van der Waals surface area contributed by atoms with Crippen LogP contribution in [-0.2, 0) is 11.3 Å². The lowest BCUT2D eigenvalue weighted by molar-refractivity contribution is -0.115. The van der Waals surface area contributed by atoms with Gasteiger partial charge in [-0.2, -0.15) is 0 Å². The first-order valence-electron chi connectivity index (χ1n) is 8.35. The lowest BCUT2D eigenvalue weighted by Crippen LogP contribution is -2.22. The molecular formula is C18H20N6OS2. The van der Waals surface area contributed by atoms with Crippen LogP contribution in [0.3, 0.4) is 0 Å². The van der Waals surface area contributed by atoms with Gasteiger partial charge >= 0.3 is 0 Å². The van der Waals surface area contributed by atoms with Crippen molar-refractivity contribution >= 4 is 34.1 Å². The third kappa shape index (κ3) is 4.42. The molecule has 3 aromatic heterocycles. The van der Waals surface area contributed by atoms with E-state index in [1.165, 1.54) is 23.1 Å². The third-order valence-electron chi connectivity index (χ3n) is 3.88. The van der Waals surface area contributed by atoms with Gasteiger partial charge in [-0.1, -0.05) is 17.8 Å². The van der Waals surface area contributed by atoms with Crippen molar-refractivity contribution in [3.63, 3.8) is 0 Å². The van der Waals surface area contributed by atoms with Crippen molar-refractivity contribution in [2.45, 2.75) is 37.7 Å². The van der Waals surface area contributed by atoms with Gasteiger partial charge in [0.15, 0.2) is 16.1 Å². The number of hydrogen-bond donors (Lipinski definition) is 1. The highest BCUT2D eigenvalue weighted by Crippen LogP contribution is 2.28. The lowest BCUT2D eigenvalue weighted by atomic mass is 10.2. The van der Waals surface area contributed by atoms with E-state index in [1.807, 2.05) is 37.5 Å². The zero-order chi connectivity index (χ0) is 19.4. The van der Waals surface area contributed by atoms with Gasteiger partial charge in [0.05, 0.1) is 10.9 Å². The number of rotatable bonds is 7. The molecule has 0 spiro atoms. The van der Waals surface area contributed by atoms with Gasteiger partial charge < -0.3 is 5.32 Å². The van der Waals surface area contributed by atoms with Crippen LogP contribution in [-0.4, -0.2) is 35.9 Å². The third-order valence-corrected chi connectivity index (χ3v) is 5.95. The van der Waals surface area contributed by atoms with E-state index in [2.05, 4.69) is 32.1 Å².